The fraction of sp³-hybridized carbons (Fsp3) is 0.235. The molecule has 0 saturated carbocycles. The quantitative estimate of drug-likeness (QED) is 0.749. The Bertz CT molecular complexity index is 680. The van der Waals surface area contributed by atoms with Crippen molar-refractivity contribution in [1.29, 1.82) is 0 Å². The number of nitrogens with one attached hydrogen (secondary N) is 1. The summed E-state index contributed by atoms with van der Waals surface area (Å²) in [6.07, 6.45) is 0. The van der Waals surface area contributed by atoms with Crippen LogP contribution >= 0.6 is 11.8 Å². The average molecular weight is 353 g/mol. The first kappa shape index (κ1) is 18.1. The number of halogens is 2. The molecule has 1 N–H and O–H groups in total. The van der Waals surface area contributed by atoms with Crippen LogP contribution in [0, 0.1) is 0 Å². The monoisotopic (exact) mass is 353 g/mol. The summed E-state index contributed by atoms with van der Waals surface area (Å²) in [6.45, 7) is -1.21. The number of methoxy groups -OCH3 is 1. The molecule has 7 heteroatoms. The molecule has 1 atom stereocenters. The van der Waals surface area contributed by atoms with E-state index in [2.05, 4.69) is 10.1 Å². The lowest BCUT2D eigenvalue weighted by atomic mass is 10.3. The number of thioether (sulfide) groups is 1. The molecule has 0 aromatic heterocycles. The number of amides is 1. The normalized spacial score (nSPS) is 11.9. The molecule has 0 bridgehead atoms. The Balaban J connectivity index is 2.01. The Morgan fingerprint density at radius 1 is 1.12 bits per heavy atom. The topological polar surface area (TPSA) is 47.6 Å². The Kier molecular flexibility index (Phi) is 6.43. The molecule has 0 radical (unpaired) electrons. The van der Waals surface area contributed by atoms with Crippen molar-refractivity contribution < 1.29 is 23.0 Å². The van der Waals surface area contributed by atoms with Crippen LogP contribution in [0.3, 0.4) is 0 Å². The maximum Gasteiger partial charge on any atom is 0.387 e. The van der Waals surface area contributed by atoms with E-state index in [4.69, 9.17) is 4.74 Å². The number of carbonyl (C=O) groups is 1. The fourth-order valence-electron chi connectivity index (χ4n) is 1.91. The second kappa shape index (κ2) is 8.54. The van der Waals surface area contributed by atoms with Gasteiger partial charge in [-0.05, 0) is 43.3 Å². The van der Waals surface area contributed by atoms with Crippen LogP contribution in [-0.4, -0.2) is 24.9 Å². The first-order valence-electron chi connectivity index (χ1n) is 7.15. The maximum absolute atomic E-state index is 12.4. The Morgan fingerprint density at radius 3 is 2.42 bits per heavy atom. The number of anilines is 1. The van der Waals surface area contributed by atoms with Crippen molar-refractivity contribution in [3.05, 3.63) is 48.5 Å². The van der Waals surface area contributed by atoms with Crippen molar-refractivity contribution >= 4 is 23.4 Å². The third-order valence-electron chi connectivity index (χ3n) is 3.10. The van der Waals surface area contributed by atoms with Crippen LogP contribution in [0.15, 0.2) is 53.4 Å². The lowest BCUT2D eigenvalue weighted by molar-refractivity contribution is -0.115. The van der Waals surface area contributed by atoms with Gasteiger partial charge in [0.25, 0.3) is 0 Å². The SMILES string of the molecule is COc1ccc(SC(C)C(=O)Nc2ccccc2OC(F)F)cc1. The van der Waals surface area contributed by atoms with Crippen molar-refractivity contribution in [3.63, 3.8) is 0 Å². The molecule has 0 heterocycles. The summed E-state index contributed by atoms with van der Waals surface area (Å²) in [5, 5.41) is 2.20. The molecule has 1 amide bonds. The van der Waals surface area contributed by atoms with Gasteiger partial charge in [0.1, 0.15) is 11.5 Å². The smallest absolute Gasteiger partial charge is 0.387 e. The Labute approximate surface area is 143 Å². The molecule has 0 fully saturated rings. The average Bonchev–Trinajstić information content (AvgIpc) is 2.56. The van der Waals surface area contributed by atoms with Gasteiger partial charge in [-0.15, -0.1) is 11.8 Å². The minimum atomic E-state index is -2.95. The maximum atomic E-state index is 12.4. The molecule has 1 unspecified atom stereocenters. The highest BCUT2D eigenvalue weighted by Crippen LogP contribution is 2.29. The molecule has 0 aliphatic carbocycles. The largest absolute Gasteiger partial charge is 0.497 e. The minimum absolute atomic E-state index is 0.0671. The lowest BCUT2D eigenvalue weighted by Crippen LogP contribution is -2.23. The predicted molar refractivity (Wildman–Crippen MR) is 90.0 cm³/mol. The van der Waals surface area contributed by atoms with Crippen molar-refractivity contribution in [1.82, 2.24) is 0 Å². The summed E-state index contributed by atoms with van der Waals surface area (Å²) < 4.78 is 34.3. The van der Waals surface area contributed by atoms with E-state index in [0.29, 0.717) is 0 Å². The number of carbonyl (C=O) groups excluding carboxylic acids is 1. The third kappa shape index (κ3) is 5.13. The van der Waals surface area contributed by atoms with Gasteiger partial charge in [-0.25, -0.2) is 0 Å². The number of benzene rings is 2. The third-order valence-corrected chi connectivity index (χ3v) is 4.21. The van der Waals surface area contributed by atoms with E-state index in [0.717, 1.165) is 10.6 Å². The van der Waals surface area contributed by atoms with Crippen molar-refractivity contribution in [2.75, 3.05) is 12.4 Å². The highest BCUT2D eigenvalue weighted by Gasteiger charge is 2.17. The van der Waals surface area contributed by atoms with Crippen LogP contribution in [0.2, 0.25) is 0 Å². The molecule has 128 valence electrons. The molecule has 0 aliphatic rings. The summed E-state index contributed by atoms with van der Waals surface area (Å²) in [5.41, 5.74) is 0.213. The van der Waals surface area contributed by atoms with Gasteiger partial charge in [-0.3, -0.25) is 4.79 Å². The second-order valence-corrected chi connectivity index (χ2v) is 6.21. The number of alkyl halides is 2. The molecule has 0 aliphatic heterocycles. The highest BCUT2D eigenvalue weighted by atomic mass is 32.2. The molecular formula is C17H17F2NO3S. The Hall–Kier alpha value is -2.28. The molecular weight excluding hydrogens is 336 g/mol. The first-order chi connectivity index (χ1) is 11.5. The van der Waals surface area contributed by atoms with Crippen molar-refractivity contribution in [3.8, 4) is 11.5 Å². The summed E-state index contributed by atoms with van der Waals surface area (Å²) in [7, 11) is 1.58. The van der Waals surface area contributed by atoms with Crippen LogP contribution in [0.1, 0.15) is 6.92 Å². The van der Waals surface area contributed by atoms with E-state index in [9.17, 15) is 13.6 Å². The van der Waals surface area contributed by atoms with E-state index >= 15 is 0 Å². The van der Waals surface area contributed by atoms with E-state index < -0.39 is 11.9 Å². The zero-order valence-corrected chi connectivity index (χ0v) is 14.0. The highest BCUT2D eigenvalue weighted by molar-refractivity contribution is 8.00. The number of para-hydroxylation sites is 2. The molecule has 2 rings (SSSR count). The van der Waals surface area contributed by atoms with E-state index in [1.54, 1.807) is 38.3 Å². The van der Waals surface area contributed by atoms with Gasteiger partial charge in [-0.1, -0.05) is 12.1 Å². The van der Waals surface area contributed by atoms with Crippen LogP contribution in [0.25, 0.3) is 0 Å². The van der Waals surface area contributed by atoms with Crippen molar-refractivity contribution in [2.45, 2.75) is 23.7 Å². The summed E-state index contributed by atoms with van der Waals surface area (Å²) in [5.74, 6) is 0.359. The van der Waals surface area contributed by atoms with Crippen LogP contribution in [0.4, 0.5) is 14.5 Å². The Morgan fingerprint density at radius 2 is 1.79 bits per heavy atom. The second-order valence-electron chi connectivity index (χ2n) is 4.80. The molecule has 0 saturated heterocycles. The van der Waals surface area contributed by atoms with Crippen LogP contribution < -0.4 is 14.8 Å². The van der Waals surface area contributed by atoms with E-state index in [1.165, 1.54) is 23.9 Å². The van der Waals surface area contributed by atoms with Gasteiger partial charge < -0.3 is 14.8 Å². The molecule has 2 aromatic rings. The molecule has 4 nitrogen and oxygen atoms in total. The fourth-order valence-corrected chi connectivity index (χ4v) is 2.78. The standard InChI is InChI=1S/C17H17F2NO3S/c1-11(24-13-9-7-12(22-2)8-10-13)16(21)20-14-5-3-4-6-15(14)23-17(18)19/h3-11,17H,1-2H3,(H,20,21). The van der Waals surface area contributed by atoms with Gasteiger partial charge in [-0.2, -0.15) is 8.78 Å². The van der Waals surface area contributed by atoms with Gasteiger partial charge in [0, 0.05) is 4.90 Å². The lowest BCUT2D eigenvalue weighted by Gasteiger charge is -2.15. The zero-order chi connectivity index (χ0) is 17.5. The predicted octanol–water partition coefficient (Wildman–Crippen LogP) is 4.42. The summed E-state index contributed by atoms with van der Waals surface area (Å²) in [6, 6.07) is 13.4. The molecule has 2 aromatic carbocycles. The van der Waals surface area contributed by atoms with Gasteiger partial charge >= 0.3 is 6.61 Å². The van der Waals surface area contributed by atoms with Gasteiger partial charge in [0.2, 0.25) is 5.91 Å². The number of rotatable bonds is 7. The molecule has 0 spiro atoms. The van der Waals surface area contributed by atoms with Crippen molar-refractivity contribution in [2.24, 2.45) is 0 Å². The first-order valence-corrected chi connectivity index (χ1v) is 8.03. The molecule has 24 heavy (non-hydrogen) atoms. The summed E-state index contributed by atoms with van der Waals surface area (Å²) in [4.78, 5) is 13.2. The van der Waals surface area contributed by atoms with Crippen LogP contribution in [0.5, 0.6) is 11.5 Å². The van der Waals surface area contributed by atoms with Crippen LogP contribution in [-0.2, 0) is 4.79 Å². The van der Waals surface area contributed by atoms with Gasteiger partial charge in [0.15, 0.2) is 0 Å². The summed E-state index contributed by atoms with van der Waals surface area (Å²) >= 11 is 1.35. The number of hydrogen-bond acceptors (Lipinski definition) is 4. The number of hydrogen-bond donors (Lipinski definition) is 1. The zero-order valence-electron chi connectivity index (χ0n) is 13.2. The number of ether oxygens (including phenoxy) is 2. The minimum Gasteiger partial charge on any atom is -0.497 e. The van der Waals surface area contributed by atoms with E-state index in [-0.39, 0.29) is 17.3 Å². The van der Waals surface area contributed by atoms with Gasteiger partial charge in [0.05, 0.1) is 18.0 Å². The van der Waals surface area contributed by atoms with E-state index in [1.807, 2.05) is 12.1 Å².